The van der Waals surface area contributed by atoms with Crippen LogP contribution in [0.5, 0.6) is 5.75 Å². The molecule has 0 bridgehead atoms. The van der Waals surface area contributed by atoms with E-state index in [1.807, 2.05) is 0 Å². The Morgan fingerprint density at radius 3 is 2.60 bits per heavy atom. The SMILES string of the molecule is CCOC(=O)c1sc(NC(=O)c2ccc(COc3cc([N+](=O)[O-])ccc3Cl)o2)c(C(=O)OC)c1C. The number of hydrogen-bond acceptors (Lipinski definition) is 10. The number of hydrogen-bond donors (Lipinski definition) is 1. The average molecular weight is 523 g/mol. The van der Waals surface area contributed by atoms with Crippen molar-refractivity contribution in [3.05, 3.63) is 73.0 Å². The van der Waals surface area contributed by atoms with E-state index in [1.54, 1.807) is 13.8 Å². The third-order valence-electron chi connectivity index (χ3n) is 4.61. The maximum atomic E-state index is 12.8. The van der Waals surface area contributed by atoms with E-state index in [0.29, 0.717) is 5.56 Å². The summed E-state index contributed by atoms with van der Waals surface area (Å²) in [5, 5.41) is 13.8. The number of amides is 1. The molecule has 11 nitrogen and oxygen atoms in total. The lowest BCUT2D eigenvalue weighted by Gasteiger charge is -2.06. The predicted octanol–water partition coefficient (Wildman–Crippen LogP) is 5.01. The van der Waals surface area contributed by atoms with Crippen LogP contribution in [0.25, 0.3) is 0 Å². The van der Waals surface area contributed by atoms with Gasteiger partial charge < -0.3 is 23.9 Å². The Morgan fingerprint density at radius 1 is 1.20 bits per heavy atom. The molecule has 3 aromatic rings. The second kappa shape index (κ2) is 11.0. The predicted molar refractivity (Wildman–Crippen MR) is 125 cm³/mol. The molecule has 0 spiro atoms. The highest BCUT2D eigenvalue weighted by molar-refractivity contribution is 7.18. The van der Waals surface area contributed by atoms with E-state index in [4.69, 9.17) is 30.2 Å². The highest BCUT2D eigenvalue weighted by Crippen LogP contribution is 2.35. The molecule has 35 heavy (non-hydrogen) atoms. The van der Waals surface area contributed by atoms with E-state index in [0.717, 1.165) is 11.3 Å². The number of methoxy groups -OCH3 is 1. The minimum atomic E-state index is -0.730. The largest absolute Gasteiger partial charge is 0.484 e. The molecule has 1 aromatic carbocycles. The van der Waals surface area contributed by atoms with Gasteiger partial charge in [0, 0.05) is 6.07 Å². The fraction of sp³-hybridized carbons (Fsp3) is 0.227. The van der Waals surface area contributed by atoms with E-state index < -0.39 is 22.8 Å². The first-order chi connectivity index (χ1) is 16.7. The standard InChI is InChI=1S/C22H19ClN2O9S/c1-4-32-22(28)18-11(2)17(21(27)31-3)20(35-18)24-19(26)15-8-6-13(34-15)10-33-16-9-12(25(29)30)5-7-14(16)23/h5-9H,4,10H2,1-3H3,(H,24,26). The fourth-order valence-corrected chi connectivity index (χ4v) is 4.20. The molecule has 0 aliphatic carbocycles. The number of nitrogens with one attached hydrogen (secondary N) is 1. The molecule has 184 valence electrons. The maximum Gasteiger partial charge on any atom is 0.348 e. The number of esters is 2. The molecule has 0 aliphatic rings. The average Bonchev–Trinajstić information content (AvgIpc) is 3.42. The molecule has 0 saturated carbocycles. The van der Waals surface area contributed by atoms with Crippen LogP contribution >= 0.6 is 22.9 Å². The number of halogens is 1. The molecule has 2 aromatic heterocycles. The lowest BCUT2D eigenvalue weighted by atomic mass is 10.1. The van der Waals surface area contributed by atoms with Gasteiger partial charge in [-0.15, -0.1) is 11.3 Å². The van der Waals surface area contributed by atoms with Crippen molar-refractivity contribution in [1.29, 1.82) is 0 Å². The number of non-ortho nitro benzene ring substituents is 1. The minimum Gasteiger partial charge on any atom is -0.484 e. The summed E-state index contributed by atoms with van der Waals surface area (Å²) in [6, 6.07) is 6.61. The van der Waals surface area contributed by atoms with Crippen LogP contribution in [0.4, 0.5) is 10.7 Å². The first kappa shape index (κ1) is 25.7. The first-order valence-electron chi connectivity index (χ1n) is 10.0. The number of furan rings is 1. The van der Waals surface area contributed by atoms with Gasteiger partial charge >= 0.3 is 11.9 Å². The van der Waals surface area contributed by atoms with Crippen LogP contribution in [-0.4, -0.2) is 36.5 Å². The van der Waals surface area contributed by atoms with Crippen molar-refractivity contribution in [3.63, 3.8) is 0 Å². The molecule has 0 atom stereocenters. The summed E-state index contributed by atoms with van der Waals surface area (Å²) in [6.45, 7) is 3.18. The van der Waals surface area contributed by atoms with Crippen LogP contribution in [0.15, 0.2) is 34.7 Å². The Morgan fingerprint density at radius 2 is 1.94 bits per heavy atom. The fourth-order valence-electron chi connectivity index (χ4n) is 2.95. The van der Waals surface area contributed by atoms with Crippen molar-refractivity contribution in [2.45, 2.75) is 20.5 Å². The Labute approximate surface area is 207 Å². The number of carbonyl (C=O) groups excluding carboxylic acids is 3. The van der Waals surface area contributed by atoms with Gasteiger partial charge in [0.25, 0.3) is 11.6 Å². The highest BCUT2D eigenvalue weighted by atomic mass is 35.5. The summed E-state index contributed by atoms with van der Waals surface area (Å²) >= 11 is 6.89. The number of rotatable bonds is 9. The van der Waals surface area contributed by atoms with Crippen molar-refractivity contribution in [3.8, 4) is 5.75 Å². The first-order valence-corrected chi connectivity index (χ1v) is 11.2. The van der Waals surface area contributed by atoms with Crippen LogP contribution in [0.3, 0.4) is 0 Å². The summed E-state index contributed by atoms with van der Waals surface area (Å²) in [4.78, 5) is 47.8. The van der Waals surface area contributed by atoms with Gasteiger partial charge in [-0.1, -0.05) is 11.6 Å². The van der Waals surface area contributed by atoms with Gasteiger partial charge in [0.1, 0.15) is 28.0 Å². The Balaban J connectivity index is 1.76. The molecule has 13 heteroatoms. The number of carbonyl (C=O) groups is 3. The van der Waals surface area contributed by atoms with E-state index in [1.165, 1.54) is 37.4 Å². The molecule has 0 radical (unpaired) electrons. The second-order valence-corrected chi connectivity index (χ2v) is 8.28. The normalized spacial score (nSPS) is 10.5. The summed E-state index contributed by atoms with van der Waals surface area (Å²) in [6.07, 6.45) is 0. The maximum absolute atomic E-state index is 12.8. The monoisotopic (exact) mass is 522 g/mol. The Bertz CT molecular complexity index is 1300. The van der Waals surface area contributed by atoms with Crippen LogP contribution in [0.2, 0.25) is 5.02 Å². The van der Waals surface area contributed by atoms with Crippen molar-refractivity contribution in [2.75, 3.05) is 19.0 Å². The molecule has 1 amide bonds. The zero-order valence-electron chi connectivity index (χ0n) is 18.7. The van der Waals surface area contributed by atoms with E-state index in [-0.39, 0.29) is 56.6 Å². The molecule has 0 saturated heterocycles. The quantitative estimate of drug-likeness (QED) is 0.232. The molecule has 3 rings (SSSR count). The van der Waals surface area contributed by atoms with Gasteiger partial charge in [-0.25, -0.2) is 9.59 Å². The molecule has 2 heterocycles. The Hall–Kier alpha value is -3.90. The number of benzene rings is 1. The van der Waals surface area contributed by atoms with Gasteiger partial charge in [0.15, 0.2) is 5.76 Å². The lowest BCUT2D eigenvalue weighted by molar-refractivity contribution is -0.384. The van der Waals surface area contributed by atoms with E-state index >= 15 is 0 Å². The van der Waals surface area contributed by atoms with Crippen LogP contribution in [-0.2, 0) is 16.1 Å². The third kappa shape index (κ3) is 5.78. The number of nitrogens with zero attached hydrogens (tertiary/aromatic N) is 1. The van der Waals surface area contributed by atoms with Gasteiger partial charge in [-0.2, -0.15) is 0 Å². The van der Waals surface area contributed by atoms with Crippen molar-refractivity contribution < 1.29 is 37.9 Å². The zero-order chi connectivity index (χ0) is 25.7. The minimum absolute atomic E-state index is 0.0318. The number of anilines is 1. The number of nitro groups is 1. The van der Waals surface area contributed by atoms with Crippen molar-refractivity contribution in [2.24, 2.45) is 0 Å². The van der Waals surface area contributed by atoms with Crippen LogP contribution in [0.1, 0.15) is 48.8 Å². The van der Waals surface area contributed by atoms with Gasteiger partial charge in [-0.05, 0) is 37.6 Å². The van der Waals surface area contributed by atoms with E-state index in [2.05, 4.69) is 5.32 Å². The number of nitro benzene ring substituents is 1. The van der Waals surface area contributed by atoms with Crippen LogP contribution < -0.4 is 10.1 Å². The Kier molecular flexibility index (Phi) is 8.10. The summed E-state index contributed by atoms with van der Waals surface area (Å²) in [7, 11) is 1.18. The number of ether oxygens (including phenoxy) is 3. The molecule has 0 aliphatic heterocycles. The summed E-state index contributed by atoms with van der Waals surface area (Å²) in [5.74, 6) is -1.84. The zero-order valence-corrected chi connectivity index (χ0v) is 20.3. The van der Waals surface area contributed by atoms with Gasteiger partial charge in [0.2, 0.25) is 0 Å². The topological polar surface area (TPSA) is 147 Å². The highest BCUT2D eigenvalue weighted by Gasteiger charge is 2.27. The van der Waals surface area contributed by atoms with Gasteiger partial charge in [0.05, 0.1) is 35.3 Å². The van der Waals surface area contributed by atoms with Crippen molar-refractivity contribution in [1.82, 2.24) is 0 Å². The van der Waals surface area contributed by atoms with Crippen LogP contribution in [0, 0.1) is 17.0 Å². The third-order valence-corrected chi connectivity index (χ3v) is 6.10. The summed E-state index contributed by atoms with van der Waals surface area (Å²) < 4.78 is 20.8. The summed E-state index contributed by atoms with van der Waals surface area (Å²) in [5.41, 5.74) is 0.154. The number of thiophene rings is 1. The smallest absolute Gasteiger partial charge is 0.348 e. The molecule has 0 fully saturated rings. The molecule has 0 unspecified atom stereocenters. The van der Waals surface area contributed by atoms with Gasteiger partial charge in [-0.3, -0.25) is 14.9 Å². The van der Waals surface area contributed by atoms with E-state index in [9.17, 15) is 24.5 Å². The molecular weight excluding hydrogens is 504 g/mol. The molecular formula is C22H19ClN2O9S. The second-order valence-electron chi connectivity index (χ2n) is 6.85. The molecule has 1 N–H and O–H groups in total. The lowest BCUT2D eigenvalue weighted by Crippen LogP contribution is -2.13. The van der Waals surface area contributed by atoms with Crippen molar-refractivity contribution >= 4 is 51.5 Å².